The van der Waals surface area contributed by atoms with E-state index in [0.717, 1.165) is 23.4 Å². The van der Waals surface area contributed by atoms with Crippen molar-refractivity contribution in [2.24, 2.45) is 9.98 Å². The van der Waals surface area contributed by atoms with Gasteiger partial charge in [-0.2, -0.15) is 0 Å². The number of nitrogens with one attached hydrogen (secondary N) is 2. The van der Waals surface area contributed by atoms with Crippen LogP contribution < -0.4 is 10.0 Å². The van der Waals surface area contributed by atoms with E-state index in [0.29, 0.717) is 36.3 Å². The van der Waals surface area contributed by atoms with E-state index in [2.05, 4.69) is 15.0 Å². The molecule has 2 aromatic rings. The second kappa shape index (κ2) is 10.3. The van der Waals surface area contributed by atoms with Crippen molar-refractivity contribution in [1.82, 2.24) is 10.0 Å². The van der Waals surface area contributed by atoms with Crippen LogP contribution in [0.4, 0.5) is 0 Å². The summed E-state index contributed by atoms with van der Waals surface area (Å²) in [5.74, 6) is 0.172. The number of aliphatic imine (C=N–C) groups is 2. The molecule has 2 heterocycles. The van der Waals surface area contributed by atoms with Crippen LogP contribution in [0.1, 0.15) is 30.9 Å². The van der Waals surface area contributed by atoms with E-state index in [1.807, 2.05) is 31.3 Å². The van der Waals surface area contributed by atoms with Gasteiger partial charge in [-0.1, -0.05) is 24.3 Å². The number of aliphatic hydroxyl groups excluding tert-OH is 1. The molecule has 4 rings (SSSR count). The Morgan fingerprint density at radius 2 is 1.76 bits per heavy atom. The van der Waals surface area contributed by atoms with E-state index in [1.54, 1.807) is 24.3 Å². The number of nitrogens with zero attached hydrogens (tertiary/aromatic N) is 2. The molecular formula is C25H28N4O4S. The van der Waals surface area contributed by atoms with Crippen LogP contribution in [0, 0.1) is 0 Å². The van der Waals surface area contributed by atoms with Crippen LogP contribution in [-0.4, -0.2) is 49.7 Å². The summed E-state index contributed by atoms with van der Waals surface area (Å²) in [4.78, 5) is 9.47. The maximum Gasteiger partial charge on any atom is 0.240 e. The third-order valence-electron chi connectivity index (χ3n) is 5.73. The number of allylic oxidation sites excluding steroid dienone is 2. The number of rotatable bonds is 10. The van der Waals surface area contributed by atoms with E-state index >= 15 is 0 Å². The van der Waals surface area contributed by atoms with Crippen molar-refractivity contribution in [2.75, 3.05) is 13.1 Å². The Morgan fingerprint density at radius 1 is 1.03 bits per heavy atom. The number of aliphatic hydroxyl groups is 1. The van der Waals surface area contributed by atoms with Gasteiger partial charge in [0, 0.05) is 30.6 Å². The average Bonchev–Trinajstić information content (AvgIpc) is 3.22. The standard InChI is InChI=1S/C25H28N4O4S/c1-17-15-27-25-22(14-21(29-24(17)25)20-6-2-3-7-23(20)31)26-12-4-5-13-28-34(32,33)19-10-8-18(16-30)9-11-19/h2-3,6-11,14-15,25-26,28,30-31H,4-5,12-13,16H2,1H3. The highest BCUT2D eigenvalue weighted by Gasteiger charge is 2.28. The SMILES string of the molecule is CC1=C2N=C(c3ccccc3O)C=C(NCCCCNS(=O)(=O)c3ccc(CO)cc3)C2N=C1. The second-order valence-corrected chi connectivity index (χ2v) is 9.96. The Morgan fingerprint density at radius 3 is 2.50 bits per heavy atom. The Labute approximate surface area is 199 Å². The predicted molar refractivity (Wildman–Crippen MR) is 132 cm³/mol. The molecule has 8 nitrogen and oxygen atoms in total. The van der Waals surface area contributed by atoms with Crippen molar-refractivity contribution < 1.29 is 18.6 Å². The van der Waals surface area contributed by atoms with Gasteiger partial charge in [-0.05, 0) is 61.2 Å². The smallest absolute Gasteiger partial charge is 0.240 e. The van der Waals surface area contributed by atoms with Crippen molar-refractivity contribution in [3.05, 3.63) is 82.7 Å². The van der Waals surface area contributed by atoms with Crippen molar-refractivity contribution in [3.8, 4) is 5.75 Å². The fourth-order valence-electron chi connectivity index (χ4n) is 3.83. The number of hydrogen-bond donors (Lipinski definition) is 4. The molecule has 0 aliphatic carbocycles. The van der Waals surface area contributed by atoms with E-state index < -0.39 is 10.0 Å². The van der Waals surface area contributed by atoms with E-state index in [-0.39, 0.29) is 23.3 Å². The van der Waals surface area contributed by atoms with Gasteiger partial charge in [-0.25, -0.2) is 18.1 Å². The summed E-state index contributed by atoms with van der Waals surface area (Å²) in [6.07, 6.45) is 5.14. The number of phenols is 1. The highest BCUT2D eigenvalue weighted by molar-refractivity contribution is 7.89. The molecule has 9 heteroatoms. The number of benzene rings is 2. The molecule has 0 fully saturated rings. The fourth-order valence-corrected chi connectivity index (χ4v) is 4.90. The Hall–Kier alpha value is -3.27. The van der Waals surface area contributed by atoms with Gasteiger partial charge in [0.25, 0.3) is 0 Å². The van der Waals surface area contributed by atoms with E-state index in [4.69, 9.17) is 10.1 Å². The van der Waals surface area contributed by atoms with Crippen LogP contribution in [-0.2, 0) is 16.6 Å². The molecule has 0 bridgehead atoms. The molecule has 0 saturated heterocycles. The lowest BCUT2D eigenvalue weighted by Gasteiger charge is -2.22. The van der Waals surface area contributed by atoms with Crippen LogP contribution in [0.2, 0.25) is 0 Å². The van der Waals surface area contributed by atoms with Crippen molar-refractivity contribution in [3.63, 3.8) is 0 Å². The highest BCUT2D eigenvalue weighted by Crippen LogP contribution is 2.30. The average molecular weight is 481 g/mol. The number of aromatic hydroxyl groups is 1. The maximum atomic E-state index is 12.4. The summed E-state index contributed by atoms with van der Waals surface area (Å²) in [7, 11) is -3.58. The molecule has 0 radical (unpaired) electrons. The lowest BCUT2D eigenvalue weighted by molar-refractivity contribution is 0.282. The van der Waals surface area contributed by atoms with Gasteiger partial charge in [0.1, 0.15) is 11.8 Å². The molecular weight excluding hydrogens is 452 g/mol. The molecule has 1 unspecified atom stereocenters. The van der Waals surface area contributed by atoms with Gasteiger partial charge in [-0.15, -0.1) is 0 Å². The van der Waals surface area contributed by atoms with Crippen molar-refractivity contribution in [2.45, 2.75) is 37.3 Å². The molecule has 178 valence electrons. The number of unbranched alkanes of at least 4 members (excludes halogenated alkanes) is 1. The Bertz CT molecular complexity index is 1280. The van der Waals surface area contributed by atoms with E-state index in [9.17, 15) is 13.5 Å². The zero-order valence-electron chi connectivity index (χ0n) is 18.9. The summed E-state index contributed by atoms with van der Waals surface area (Å²) in [6.45, 7) is 2.81. The lowest BCUT2D eigenvalue weighted by atomic mass is 9.99. The van der Waals surface area contributed by atoms with Gasteiger partial charge < -0.3 is 15.5 Å². The largest absolute Gasteiger partial charge is 0.507 e. The molecule has 2 aromatic carbocycles. The third-order valence-corrected chi connectivity index (χ3v) is 7.21. The second-order valence-electron chi connectivity index (χ2n) is 8.20. The molecule has 1 atom stereocenters. The fraction of sp³-hybridized carbons (Fsp3) is 0.280. The molecule has 0 aromatic heterocycles. The first-order valence-electron chi connectivity index (χ1n) is 11.1. The van der Waals surface area contributed by atoms with Crippen LogP contribution in [0.3, 0.4) is 0 Å². The number of sulfonamides is 1. The first-order valence-corrected chi connectivity index (χ1v) is 12.6. The minimum absolute atomic E-state index is 0.125. The number of dihydropyridines is 1. The Balaban J connectivity index is 1.33. The Kier molecular flexibility index (Phi) is 7.26. The van der Waals surface area contributed by atoms with Gasteiger partial charge >= 0.3 is 0 Å². The van der Waals surface area contributed by atoms with Gasteiger partial charge in [0.2, 0.25) is 10.0 Å². The summed E-state index contributed by atoms with van der Waals surface area (Å²) >= 11 is 0. The van der Waals surface area contributed by atoms with E-state index in [1.165, 1.54) is 12.1 Å². The van der Waals surface area contributed by atoms with Gasteiger partial charge in [0.05, 0.1) is 22.9 Å². The maximum absolute atomic E-state index is 12.4. The predicted octanol–water partition coefficient (Wildman–Crippen LogP) is 2.65. The summed E-state index contributed by atoms with van der Waals surface area (Å²) in [5, 5.41) is 22.8. The molecule has 4 N–H and O–H groups in total. The minimum atomic E-state index is -3.58. The zero-order valence-corrected chi connectivity index (χ0v) is 19.7. The quantitative estimate of drug-likeness (QED) is 0.389. The summed E-state index contributed by atoms with van der Waals surface area (Å²) in [5.41, 5.74) is 4.76. The van der Waals surface area contributed by atoms with Crippen LogP contribution in [0.25, 0.3) is 0 Å². The van der Waals surface area contributed by atoms with Crippen molar-refractivity contribution >= 4 is 21.9 Å². The molecule has 0 saturated carbocycles. The number of phenolic OH excluding ortho intramolecular Hbond substituents is 1. The molecule has 2 aliphatic rings. The molecule has 34 heavy (non-hydrogen) atoms. The zero-order chi connectivity index (χ0) is 24.1. The number of para-hydroxylation sites is 1. The molecule has 2 aliphatic heterocycles. The van der Waals surface area contributed by atoms with Gasteiger partial charge in [-0.3, -0.25) is 4.99 Å². The lowest BCUT2D eigenvalue weighted by Crippen LogP contribution is -2.29. The third kappa shape index (κ3) is 5.27. The normalized spacial score (nSPS) is 17.4. The summed E-state index contributed by atoms with van der Waals surface area (Å²) < 4.78 is 27.4. The molecule has 0 amide bonds. The number of hydrogen-bond acceptors (Lipinski definition) is 7. The minimum Gasteiger partial charge on any atom is -0.507 e. The van der Waals surface area contributed by atoms with Crippen molar-refractivity contribution in [1.29, 1.82) is 0 Å². The number of fused-ring (bicyclic) bond motifs is 1. The van der Waals surface area contributed by atoms with Crippen LogP contribution in [0.15, 0.2) is 86.5 Å². The summed E-state index contributed by atoms with van der Waals surface area (Å²) in [6, 6.07) is 13.1. The van der Waals surface area contributed by atoms with Crippen LogP contribution in [0.5, 0.6) is 5.75 Å². The van der Waals surface area contributed by atoms with Crippen LogP contribution >= 0.6 is 0 Å². The molecule has 0 spiro atoms. The first-order chi connectivity index (χ1) is 16.4. The highest BCUT2D eigenvalue weighted by atomic mass is 32.2. The topological polar surface area (TPSA) is 123 Å². The monoisotopic (exact) mass is 480 g/mol. The van der Waals surface area contributed by atoms with Gasteiger partial charge in [0.15, 0.2) is 0 Å². The first kappa shape index (κ1) is 23.9.